The van der Waals surface area contributed by atoms with E-state index in [1.807, 2.05) is 42.5 Å². The van der Waals surface area contributed by atoms with Crippen LogP contribution in [-0.2, 0) is 11.2 Å². The summed E-state index contributed by atoms with van der Waals surface area (Å²) in [4.78, 5) is 0. The highest BCUT2D eigenvalue weighted by Gasteiger charge is 2.39. The van der Waals surface area contributed by atoms with Crippen LogP contribution in [0.25, 0.3) is 44.9 Å². The highest BCUT2D eigenvalue weighted by atomic mass is 35.7. The molecule has 0 saturated carbocycles. The molecule has 0 saturated heterocycles. The van der Waals surface area contributed by atoms with Crippen molar-refractivity contribution in [1.82, 2.24) is 0 Å². The van der Waals surface area contributed by atoms with Crippen LogP contribution < -0.4 is 18.6 Å². The lowest BCUT2D eigenvalue weighted by atomic mass is 9.84. The Labute approximate surface area is 406 Å². The van der Waals surface area contributed by atoms with Crippen LogP contribution in [0.15, 0.2) is 148 Å². The molecule has 6 nitrogen and oxygen atoms in total. The van der Waals surface area contributed by atoms with E-state index in [0.29, 0.717) is 95.9 Å². The monoisotopic (exact) mass is 1020 g/mol. The van der Waals surface area contributed by atoms with E-state index in [4.69, 9.17) is 27.8 Å². The molecule has 368 valence electrons. The maximum Gasteiger partial charge on any atom is 0.367 e. The summed E-state index contributed by atoms with van der Waals surface area (Å²) in [6.45, 7) is 0. The zero-order valence-corrected chi connectivity index (χ0v) is 38.0. The van der Waals surface area contributed by atoms with E-state index in [9.17, 15) is 26.3 Å². The Morgan fingerprint density at radius 2 is 0.972 bits per heavy atom. The van der Waals surface area contributed by atoms with E-state index in [2.05, 4.69) is 0 Å². The van der Waals surface area contributed by atoms with Gasteiger partial charge in [-0.05, 0) is 108 Å². The van der Waals surface area contributed by atoms with Gasteiger partial charge in [-0.2, -0.15) is 0 Å². The Balaban J connectivity index is 0.00000122. The van der Waals surface area contributed by atoms with Gasteiger partial charge in [0.15, 0.2) is 52.1 Å². The second-order valence-corrected chi connectivity index (χ2v) is 17.8. The molecule has 2 heterocycles. The van der Waals surface area contributed by atoms with E-state index < -0.39 is 91.1 Å². The first-order valence-corrected chi connectivity index (χ1v) is 23.5. The molecule has 6 aromatic rings. The smallest absolute Gasteiger partial charge is 0.367 e. The van der Waals surface area contributed by atoms with Gasteiger partial charge in [0.05, 0.1) is 22.8 Å². The highest BCUT2D eigenvalue weighted by Crippen LogP contribution is 2.49. The summed E-state index contributed by atoms with van der Waals surface area (Å²) >= 11 is 0. The van der Waals surface area contributed by atoms with E-state index in [1.165, 1.54) is 12.1 Å². The number of ether oxygens (including phenoxy) is 1. The summed E-state index contributed by atoms with van der Waals surface area (Å²) in [6, 6.07) is 28.5. The van der Waals surface area contributed by atoms with Gasteiger partial charge < -0.3 is 4.74 Å². The Morgan fingerprint density at radius 1 is 0.486 bits per heavy atom. The maximum absolute atomic E-state index is 15.5. The summed E-state index contributed by atoms with van der Waals surface area (Å²) in [5.41, 5.74) is 5.96. The standard InChI is InChI=1S/C55H35F10O2.ClHO4/c56-44-42(45(57)49(61)52(64)48(44)60)39-26-37(28-12-4-1-5-13-28)35-20-10-18-33(54(35)66-39)24-31-22-23-32(41(31)30-16-8-3-9-17-30)25-34-19-11-21-36-38(29-14-6-2-7-15-29)27-40(67-55(34)36)43-46(58)50(62)53(65)51(63)47(43)59;2-1(3,4)5/h1-9,12-17,24-27H,10-11,18-23H2;(H,2,3,4,5)/q+1;/p-1. The average Bonchev–Trinajstić information content (AvgIpc) is 3.77. The topological polar surface area (TPSA) is 113 Å². The van der Waals surface area contributed by atoms with Crippen LogP contribution in [0, 0.1) is 68.4 Å². The number of hydrogen-bond acceptors (Lipinski definition) is 5. The van der Waals surface area contributed by atoms with Gasteiger partial charge in [-0.1, -0.05) is 97.1 Å². The summed E-state index contributed by atoms with van der Waals surface area (Å²) < 4.78 is 195. The lowest BCUT2D eigenvalue weighted by molar-refractivity contribution is -2.00. The van der Waals surface area contributed by atoms with Crippen LogP contribution >= 0.6 is 0 Å². The Bertz CT molecular complexity index is 3300. The lowest BCUT2D eigenvalue weighted by Crippen LogP contribution is -2.68. The lowest BCUT2D eigenvalue weighted by Gasteiger charge is -2.30. The fraction of sp³-hybridized carbons (Fsp3) is 0.145. The second-order valence-electron chi connectivity index (χ2n) is 17.0. The van der Waals surface area contributed by atoms with Crippen molar-refractivity contribution in [3.05, 3.63) is 230 Å². The van der Waals surface area contributed by atoms with Gasteiger partial charge in [-0.25, -0.2) is 67.0 Å². The fourth-order valence-corrected chi connectivity index (χ4v) is 9.56. The van der Waals surface area contributed by atoms with Crippen molar-refractivity contribution in [2.45, 2.75) is 51.4 Å². The quantitative estimate of drug-likeness (QED) is 0.0681. The summed E-state index contributed by atoms with van der Waals surface area (Å²) in [7, 11) is -4.94. The number of benzene rings is 5. The van der Waals surface area contributed by atoms with Crippen molar-refractivity contribution in [1.29, 1.82) is 0 Å². The molecule has 0 N–H and O–H groups in total. The van der Waals surface area contributed by atoms with Gasteiger partial charge in [0, 0.05) is 11.1 Å². The maximum atomic E-state index is 15.5. The molecule has 0 bridgehead atoms. The summed E-state index contributed by atoms with van der Waals surface area (Å²) in [6.07, 6.45) is 9.37. The summed E-state index contributed by atoms with van der Waals surface area (Å²) in [5.74, 6) is -21.7. The molecule has 0 unspecified atom stereocenters. The van der Waals surface area contributed by atoms with E-state index in [-0.39, 0.29) is 11.5 Å². The van der Waals surface area contributed by atoms with Crippen molar-refractivity contribution in [2.75, 3.05) is 0 Å². The molecule has 0 radical (unpaired) electrons. The van der Waals surface area contributed by atoms with E-state index in [0.717, 1.165) is 22.3 Å². The van der Waals surface area contributed by atoms with Crippen LogP contribution in [0.1, 0.15) is 73.0 Å². The van der Waals surface area contributed by atoms with Crippen molar-refractivity contribution < 1.29 is 81.9 Å². The van der Waals surface area contributed by atoms with Gasteiger partial charge in [0.1, 0.15) is 11.5 Å². The van der Waals surface area contributed by atoms with E-state index in [1.54, 1.807) is 60.7 Å². The second kappa shape index (κ2) is 20.2. The fourth-order valence-electron chi connectivity index (χ4n) is 9.56. The molecule has 4 aliphatic rings. The van der Waals surface area contributed by atoms with Crippen molar-refractivity contribution in [3.63, 3.8) is 0 Å². The minimum absolute atomic E-state index is 0.243. The van der Waals surface area contributed by atoms with Crippen LogP contribution in [0.5, 0.6) is 0 Å². The zero-order valence-electron chi connectivity index (χ0n) is 37.2. The molecule has 1 aromatic heterocycles. The Morgan fingerprint density at radius 3 is 1.54 bits per heavy atom. The van der Waals surface area contributed by atoms with Gasteiger partial charge in [-0.15, -0.1) is 10.2 Å². The molecule has 1 aliphatic heterocycles. The number of halogens is 11. The molecule has 10 rings (SSSR count). The first kappa shape index (κ1) is 49.9. The minimum Gasteiger partial charge on any atom is -0.456 e. The molecule has 72 heavy (non-hydrogen) atoms. The van der Waals surface area contributed by atoms with Gasteiger partial charge >= 0.3 is 11.5 Å². The molecule has 0 atom stereocenters. The first-order chi connectivity index (χ1) is 34.4. The van der Waals surface area contributed by atoms with Crippen molar-refractivity contribution >= 4 is 22.5 Å². The average molecular weight is 1020 g/mol. The highest BCUT2D eigenvalue weighted by molar-refractivity contribution is 5.91. The number of hydrogen-bond donors (Lipinski definition) is 0. The number of rotatable bonds is 7. The third-order valence-corrected chi connectivity index (χ3v) is 12.6. The Hall–Kier alpha value is -7.08. The third kappa shape index (κ3) is 9.67. The van der Waals surface area contributed by atoms with Crippen LogP contribution in [0.3, 0.4) is 0 Å². The van der Waals surface area contributed by atoms with Crippen LogP contribution in [0.4, 0.5) is 43.9 Å². The molecular weight excluding hydrogens is 982 g/mol. The normalized spacial score (nSPS) is 16.9. The minimum atomic E-state index is -4.94. The SMILES string of the molecule is Fc1c(F)c(F)c(C2=CC(c3ccccc3)=C3CCCC(/C=C4\CCC(/C=C5\CCCc6c(-c7ccccc7)cc(-c7c(F)c(F)c(F)c(F)c7F)[o+]c65)=C4c4ccccc4)=C3O2)c(F)c1F.[O-][Cl+3]([O-])([O-])[O-]. The van der Waals surface area contributed by atoms with Gasteiger partial charge in [0.2, 0.25) is 11.6 Å². The molecular formula is C55H35ClF10O6. The van der Waals surface area contributed by atoms with Crippen LogP contribution in [-0.4, -0.2) is 0 Å². The predicted octanol–water partition coefficient (Wildman–Crippen LogP) is 11.4. The number of allylic oxidation sites excluding steroid dienone is 10. The number of fused-ring (bicyclic) bond motifs is 2. The predicted molar refractivity (Wildman–Crippen MR) is 235 cm³/mol. The molecule has 0 fully saturated rings. The molecule has 5 aromatic carbocycles. The molecule has 0 spiro atoms. The largest absolute Gasteiger partial charge is 0.456 e. The third-order valence-electron chi connectivity index (χ3n) is 12.6. The molecule has 17 heteroatoms. The van der Waals surface area contributed by atoms with Gasteiger partial charge in [-0.3, -0.25) is 0 Å². The van der Waals surface area contributed by atoms with Crippen molar-refractivity contribution in [3.8, 4) is 22.5 Å². The first-order valence-electron chi connectivity index (χ1n) is 22.2. The van der Waals surface area contributed by atoms with Crippen LogP contribution in [0.2, 0.25) is 0 Å². The van der Waals surface area contributed by atoms with Crippen molar-refractivity contribution in [2.24, 2.45) is 0 Å². The zero-order chi connectivity index (χ0) is 51.2. The summed E-state index contributed by atoms with van der Waals surface area (Å²) in [5, 5.41) is 0. The van der Waals surface area contributed by atoms with E-state index >= 15 is 17.6 Å². The van der Waals surface area contributed by atoms with Gasteiger partial charge in [0.25, 0.3) is 0 Å². The Kier molecular flexibility index (Phi) is 14.0. The molecule has 3 aliphatic carbocycles. The molecule has 0 amide bonds.